The van der Waals surface area contributed by atoms with Crippen LogP contribution in [0.15, 0.2) is 60.8 Å². The van der Waals surface area contributed by atoms with Crippen molar-refractivity contribution in [2.45, 2.75) is 335 Å². The first kappa shape index (κ1) is 70.1. The number of ether oxygens (including phenoxy) is 3. The van der Waals surface area contributed by atoms with Gasteiger partial charge in [0.05, 0.1) is 0 Å². The Morgan fingerprint density at radius 1 is 0.274 bits per heavy atom. The van der Waals surface area contributed by atoms with E-state index < -0.39 is 6.10 Å². The number of carbonyl (C=O) groups excluding carboxylic acids is 3. The number of esters is 3. The molecule has 0 spiro atoms. The maximum atomic E-state index is 12.9. The predicted molar refractivity (Wildman–Crippen MR) is 316 cm³/mol. The summed E-state index contributed by atoms with van der Waals surface area (Å²) >= 11 is 0. The van der Waals surface area contributed by atoms with Gasteiger partial charge in [-0.05, 0) is 109 Å². The van der Waals surface area contributed by atoms with E-state index >= 15 is 0 Å². The summed E-state index contributed by atoms with van der Waals surface area (Å²) in [5, 5.41) is 0. The molecule has 0 saturated carbocycles. The molecule has 73 heavy (non-hydrogen) atoms. The van der Waals surface area contributed by atoms with Gasteiger partial charge in [-0.15, -0.1) is 0 Å². The van der Waals surface area contributed by atoms with Crippen LogP contribution in [0.2, 0.25) is 0 Å². The first-order chi connectivity index (χ1) is 36.0. The highest BCUT2D eigenvalue weighted by atomic mass is 16.6. The van der Waals surface area contributed by atoms with Crippen LogP contribution < -0.4 is 0 Å². The fourth-order valence-corrected chi connectivity index (χ4v) is 9.15. The highest BCUT2D eigenvalue weighted by Gasteiger charge is 2.19. The van der Waals surface area contributed by atoms with Crippen molar-refractivity contribution in [1.82, 2.24) is 0 Å². The summed E-state index contributed by atoms with van der Waals surface area (Å²) in [4.78, 5) is 38.2. The second-order valence-electron chi connectivity index (χ2n) is 21.3. The number of unbranched alkanes of at least 4 members (excludes halogenated alkanes) is 37. The van der Waals surface area contributed by atoms with Gasteiger partial charge < -0.3 is 14.2 Å². The van der Waals surface area contributed by atoms with Gasteiger partial charge in [-0.25, -0.2) is 0 Å². The minimum atomic E-state index is -0.784. The van der Waals surface area contributed by atoms with Gasteiger partial charge in [0, 0.05) is 19.3 Å². The van der Waals surface area contributed by atoms with Gasteiger partial charge in [0.25, 0.3) is 0 Å². The smallest absolute Gasteiger partial charge is 0.306 e. The molecule has 0 aromatic heterocycles. The van der Waals surface area contributed by atoms with Gasteiger partial charge in [-0.3, -0.25) is 14.4 Å². The largest absolute Gasteiger partial charge is 0.462 e. The molecule has 6 nitrogen and oxygen atoms in total. The molecule has 0 saturated heterocycles. The van der Waals surface area contributed by atoms with Gasteiger partial charge in [0.2, 0.25) is 0 Å². The van der Waals surface area contributed by atoms with E-state index in [-0.39, 0.29) is 31.1 Å². The molecule has 0 aliphatic rings. The molecular formula is C67H120O6. The third kappa shape index (κ3) is 59.9. The third-order valence-electron chi connectivity index (χ3n) is 14.0. The molecule has 1 unspecified atom stereocenters. The van der Waals surface area contributed by atoms with Crippen molar-refractivity contribution in [3.05, 3.63) is 60.8 Å². The zero-order chi connectivity index (χ0) is 52.9. The van der Waals surface area contributed by atoms with Gasteiger partial charge in [-0.1, -0.05) is 261 Å². The molecule has 0 bridgehead atoms. The van der Waals surface area contributed by atoms with E-state index in [0.29, 0.717) is 19.3 Å². The average Bonchev–Trinajstić information content (AvgIpc) is 3.39. The Morgan fingerprint density at radius 2 is 0.493 bits per heavy atom. The van der Waals surface area contributed by atoms with Crippen molar-refractivity contribution < 1.29 is 28.6 Å². The molecule has 424 valence electrons. The SMILES string of the molecule is CCCCC/C=C\C/C=C\CCCCCCCC(=O)OC(COC(=O)CCCCCCC/C=C\CCCCCC)COC(=O)CCCCCCCCCCCCCCCCC/C=C\C/C=C\CCCCCCC. The van der Waals surface area contributed by atoms with Crippen LogP contribution in [0, 0.1) is 0 Å². The van der Waals surface area contributed by atoms with Crippen LogP contribution >= 0.6 is 0 Å². The van der Waals surface area contributed by atoms with Crippen LogP contribution in [-0.4, -0.2) is 37.2 Å². The lowest BCUT2D eigenvalue weighted by atomic mass is 10.0. The highest BCUT2D eigenvalue weighted by Crippen LogP contribution is 2.16. The van der Waals surface area contributed by atoms with Crippen molar-refractivity contribution >= 4 is 17.9 Å². The summed E-state index contributed by atoms with van der Waals surface area (Å²) in [5.74, 6) is -0.889. The Morgan fingerprint density at radius 3 is 0.808 bits per heavy atom. The molecule has 0 rings (SSSR count). The van der Waals surface area contributed by atoms with Crippen molar-refractivity contribution in [3.63, 3.8) is 0 Å². The van der Waals surface area contributed by atoms with E-state index in [0.717, 1.165) is 96.3 Å². The van der Waals surface area contributed by atoms with Crippen LogP contribution in [0.3, 0.4) is 0 Å². The molecule has 0 radical (unpaired) electrons. The molecule has 0 aliphatic carbocycles. The molecule has 0 N–H and O–H groups in total. The van der Waals surface area contributed by atoms with Crippen molar-refractivity contribution in [2.24, 2.45) is 0 Å². The zero-order valence-corrected chi connectivity index (χ0v) is 48.7. The lowest BCUT2D eigenvalue weighted by Gasteiger charge is -2.18. The van der Waals surface area contributed by atoms with Crippen molar-refractivity contribution in [1.29, 1.82) is 0 Å². The monoisotopic (exact) mass is 1020 g/mol. The van der Waals surface area contributed by atoms with Crippen LogP contribution in [0.1, 0.15) is 329 Å². The molecule has 0 aliphatic heterocycles. The highest BCUT2D eigenvalue weighted by molar-refractivity contribution is 5.71. The summed E-state index contributed by atoms with van der Waals surface area (Å²) in [7, 11) is 0. The fraction of sp³-hybridized carbons (Fsp3) is 0.806. The minimum absolute atomic E-state index is 0.0805. The maximum Gasteiger partial charge on any atom is 0.306 e. The van der Waals surface area contributed by atoms with Gasteiger partial charge >= 0.3 is 17.9 Å². The average molecular weight is 1020 g/mol. The van der Waals surface area contributed by atoms with E-state index in [2.05, 4.69) is 81.5 Å². The molecule has 0 aromatic rings. The molecule has 1 atom stereocenters. The Kier molecular flexibility index (Phi) is 59.2. The maximum absolute atomic E-state index is 12.9. The standard InChI is InChI=1S/C67H120O6/c1-4-7-10-13-16-19-22-25-27-28-29-30-31-32-33-34-35-36-37-38-40-42-45-48-51-54-57-60-66(69)72-63-64(62-71-65(68)59-56-53-50-47-44-41-24-21-18-15-12-9-6-3)73-67(70)61-58-55-52-49-46-43-39-26-23-20-17-14-11-8-5-2/h17,20-22,24-26,28-29,39,64H,4-16,18-19,23,27,30-38,40-63H2,1-3H3/b20-17-,24-21-,25-22-,29-28-,39-26-. The molecule has 0 amide bonds. The van der Waals surface area contributed by atoms with E-state index in [1.807, 2.05) is 0 Å². The van der Waals surface area contributed by atoms with Crippen LogP contribution in [0.5, 0.6) is 0 Å². The summed E-state index contributed by atoms with van der Waals surface area (Å²) < 4.78 is 16.9. The zero-order valence-electron chi connectivity index (χ0n) is 48.7. The predicted octanol–water partition coefficient (Wildman–Crippen LogP) is 21.6. The molecular weight excluding hydrogens is 901 g/mol. The normalized spacial score (nSPS) is 12.4. The lowest BCUT2D eigenvalue weighted by Crippen LogP contribution is -2.30. The molecule has 0 aromatic carbocycles. The van der Waals surface area contributed by atoms with Crippen molar-refractivity contribution in [2.75, 3.05) is 13.2 Å². The number of hydrogen-bond donors (Lipinski definition) is 0. The van der Waals surface area contributed by atoms with Crippen LogP contribution in [-0.2, 0) is 28.6 Å². The lowest BCUT2D eigenvalue weighted by molar-refractivity contribution is -0.167. The first-order valence-electron chi connectivity index (χ1n) is 31.8. The minimum Gasteiger partial charge on any atom is -0.462 e. The summed E-state index contributed by atoms with van der Waals surface area (Å²) in [5.41, 5.74) is 0. The summed E-state index contributed by atoms with van der Waals surface area (Å²) in [6, 6.07) is 0. The fourth-order valence-electron chi connectivity index (χ4n) is 9.15. The van der Waals surface area contributed by atoms with Gasteiger partial charge in [0.15, 0.2) is 6.10 Å². The second kappa shape index (κ2) is 61.7. The number of allylic oxidation sites excluding steroid dienone is 10. The Bertz CT molecular complexity index is 1310. The molecule has 0 fully saturated rings. The number of hydrogen-bond acceptors (Lipinski definition) is 6. The Hall–Kier alpha value is -2.89. The van der Waals surface area contributed by atoms with E-state index in [4.69, 9.17) is 14.2 Å². The number of rotatable bonds is 58. The van der Waals surface area contributed by atoms with Crippen LogP contribution in [0.25, 0.3) is 0 Å². The Labute approximate surface area is 453 Å². The summed E-state index contributed by atoms with van der Waals surface area (Å²) in [6.45, 7) is 6.60. The van der Waals surface area contributed by atoms with E-state index in [1.165, 1.54) is 193 Å². The first-order valence-corrected chi connectivity index (χ1v) is 31.8. The molecule has 6 heteroatoms. The quantitative estimate of drug-likeness (QED) is 0.0261. The Balaban J connectivity index is 4.23. The van der Waals surface area contributed by atoms with E-state index in [9.17, 15) is 14.4 Å². The number of carbonyl (C=O) groups is 3. The second-order valence-corrected chi connectivity index (χ2v) is 21.3. The van der Waals surface area contributed by atoms with E-state index in [1.54, 1.807) is 0 Å². The topological polar surface area (TPSA) is 78.9 Å². The van der Waals surface area contributed by atoms with Crippen molar-refractivity contribution in [3.8, 4) is 0 Å². The molecule has 0 heterocycles. The van der Waals surface area contributed by atoms with Gasteiger partial charge in [0.1, 0.15) is 13.2 Å². The van der Waals surface area contributed by atoms with Gasteiger partial charge in [-0.2, -0.15) is 0 Å². The summed E-state index contributed by atoms with van der Waals surface area (Å²) in [6.07, 6.45) is 78.0. The third-order valence-corrected chi connectivity index (χ3v) is 14.0. The van der Waals surface area contributed by atoms with Crippen LogP contribution in [0.4, 0.5) is 0 Å².